The summed E-state index contributed by atoms with van der Waals surface area (Å²) < 4.78 is 45.4. The Labute approximate surface area is 166 Å². The molecule has 8 heteroatoms. The lowest BCUT2D eigenvalue weighted by Crippen LogP contribution is -2.30. The number of benzene rings is 2. The van der Waals surface area contributed by atoms with Gasteiger partial charge in [-0.25, -0.2) is 4.79 Å². The smallest absolute Gasteiger partial charge is 0.449 e. The minimum atomic E-state index is -4.82. The third-order valence-electron chi connectivity index (χ3n) is 4.34. The summed E-state index contributed by atoms with van der Waals surface area (Å²) >= 11 is 0. The van der Waals surface area contributed by atoms with Gasteiger partial charge in [0.05, 0.1) is 5.56 Å². The maximum Gasteiger partial charge on any atom is 0.573 e. The van der Waals surface area contributed by atoms with Gasteiger partial charge in [0.1, 0.15) is 5.75 Å². The quantitative estimate of drug-likeness (QED) is 0.632. The summed E-state index contributed by atoms with van der Waals surface area (Å²) in [5, 5.41) is 2.76. The van der Waals surface area contributed by atoms with Crippen molar-refractivity contribution in [3.05, 3.63) is 59.7 Å². The zero-order valence-electron chi connectivity index (χ0n) is 16.2. The van der Waals surface area contributed by atoms with Crippen molar-refractivity contribution in [1.82, 2.24) is 0 Å². The van der Waals surface area contributed by atoms with Crippen molar-refractivity contribution in [2.75, 3.05) is 5.32 Å². The number of carbonyl (C=O) groups is 2. The highest BCUT2D eigenvalue weighted by atomic mass is 19.4. The molecule has 5 nitrogen and oxygen atoms in total. The second kappa shape index (κ2) is 9.45. The fraction of sp³-hybridized carbons (Fsp3) is 0.333. The Balaban J connectivity index is 2.00. The molecular formula is C21H22F3NO4. The molecule has 0 radical (unpaired) electrons. The fourth-order valence-corrected chi connectivity index (χ4v) is 2.57. The topological polar surface area (TPSA) is 64.6 Å². The molecule has 0 spiro atoms. The molecule has 2 rings (SSSR count). The van der Waals surface area contributed by atoms with Gasteiger partial charge in [-0.05, 0) is 55.2 Å². The number of amides is 1. The number of carbonyl (C=O) groups excluding carboxylic acids is 2. The van der Waals surface area contributed by atoms with Crippen molar-refractivity contribution in [1.29, 1.82) is 0 Å². The Morgan fingerprint density at radius 2 is 1.66 bits per heavy atom. The first kappa shape index (κ1) is 22.3. The van der Waals surface area contributed by atoms with Gasteiger partial charge in [-0.1, -0.05) is 32.0 Å². The molecule has 2 aromatic rings. The zero-order valence-corrected chi connectivity index (χ0v) is 16.2. The summed E-state index contributed by atoms with van der Waals surface area (Å²) in [6.07, 6.45) is -5.02. The van der Waals surface area contributed by atoms with E-state index in [9.17, 15) is 22.8 Å². The lowest BCUT2D eigenvalue weighted by molar-refractivity contribution is -0.274. The summed E-state index contributed by atoms with van der Waals surface area (Å²) in [6, 6.07) is 11.6. The Morgan fingerprint density at radius 1 is 1.03 bits per heavy atom. The van der Waals surface area contributed by atoms with Gasteiger partial charge in [-0.3, -0.25) is 4.79 Å². The van der Waals surface area contributed by atoms with E-state index in [-0.39, 0.29) is 11.5 Å². The molecule has 0 aliphatic carbocycles. The van der Waals surface area contributed by atoms with Crippen molar-refractivity contribution >= 4 is 17.6 Å². The molecule has 2 atom stereocenters. The molecule has 0 aromatic heterocycles. The van der Waals surface area contributed by atoms with Gasteiger partial charge in [0.25, 0.3) is 5.91 Å². The lowest BCUT2D eigenvalue weighted by atomic mass is 9.97. The molecule has 0 unspecified atom stereocenters. The first-order valence-corrected chi connectivity index (χ1v) is 9.07. The molecule has 0 saturated carbocycles. The average molecular weight is 409 g/mol. The molecule has 1 N–H and O–H groups in total. The average Bonchev–Trinajstić information content (AvgIpc) is 2.67. The van der Waals surface area contributed by atoms with Crippen molar-refractivity contribution < 1.29 is 32.2 Å². The predicted molar refractivity (Wildman–Crippen MR) is 102 cm³/mol. The van der Waals surface area contributed by atoms with E-state index in [2.05, 4.69) is 10.1 Å². The maximum atomic E-state index is 12.4. The summed E-state index contributed by atoms with van der Waals surface area (Å²) in [6.45, 7) is 5.50. The van der Waals surface area contributed by atoms with E-state index >= 15 is 0 Å². The molecule has 0 aliphatic heterocycles. The van der Waals surface area contributed by atoms with Crippen LogP contribution < -0.4 is 10.1 Å². The number of esters is 1. The SMILES string of the molecule is CC[C@@H](C)c1ccccc1NC(=O)[C@@H](C)OC(=O)c1ccc(OC(F)(F)F)cc1. The maximum absolute atomic E-state index is 12.4. The van der Waals surface area contributed by atoms with Gasteiger partial charge in [0.2, 0.25) is 0 Å². The largest absolute Gasteiger partial charge is 0.573 e. The van der Waals surface area contributed by atoms with E-state index in [0.717, 1.165) is 36.2 Å². The van der Waals surface area contributed by atoms with Crippen LogP contribution in [0.3, 0.4) is 0 Å². The number of hydrogen-bond donors (Lipinski definition) is 1. The van der Waals surface area contributed by atoms with Crippen molar-refractivity contribution in [2.24, 2.45) is 0 Å². The molecule has 0 heterocycles. The van der Waals surface area contributed by atoms with Gasteiger partial charge in [0.15, 0.2) is 6.10 Å². The van der Waals surface area contributed by atoms with E-state index < -0.39 is 30.1 Å². The van der Waals surface area contributed by atoms with Crippen LogP contribution in [0.15, 0.2) is 48.5 Å². The third kappa shape index (κ3) is 6.51. The van der Waals surface area contributed by atoms with Crippen molar-refractivity contribution in [3.63, 3.8) is 0 Å². The van der Waals surface area contributed by atoms with Crippen LogP contribution in [0.2, 0.25) is 0 Å². The number of ether oxygens (including phenoxy) is 2. The second-order valence-electron chi connectivity index (χ2n) is 6.51. The Morgan fingerprint density at radius 3 is 2.24 bits per heavy atom. The van der Waals surface area contributed by atoms with E-state index in [4.69, 9.17) is 4.74 Å². The highest BCUT2D eigenvalue weighted by Crippen LogP contribution is 2.27. The van der Waals surface area contributed by atoms with Gasteiger partial charge < -0.3 is 14.8 Å². The summed E-state index contributed by atoms with van der Waals surface area (Å²) in [4.78, 5) is 24.6. The monoisotopic (exact) mass is 409 g/mol. The van der Waals surface area contributed by atoms with Crippen molar-refractivity contribution in [2.45, 2.75) is 45.6 Å². The number of para-hydroxylation sites is 1. The van der Waals surface area contributed by atoms with E-state index in [1.54, 1.807) is 12.1 Å². The molecule has 0 saturated heterocycles. The van der Waals surface area contributed by atoms with Gasteiger partial charge >= 0.3 is 12.3 Å². The molecule has 156 valence electrons. The molecule has 29 heavy (non-hydrogen) atoms. The number of alkyl halides is 3. The normalized spacial score (nSPS) is 13.3. The summed E-state index contributed by atoms with van der Waals surface area (Å²) in [7, 11) is 0. The van der Waals surface area contributed by atoms with Crippen LogP contribution in [-0.4, -0.2) is 24.3 Å². The van der Waals surface area contributed by atoms with E-state index in [1.807, 2.05) is 26.0 Å². The Kier molecular flexibility index (Phi) is 7.25. The first-order valence-electron chi connectivity index (χ1n) is 9.07. The number of rotatable bonds is 7. The second-order valence-corrected chi connectivity index (χ2v) is 6.51. The highest BCUT2D eigenvalue weighted by molar-refractivity contribution is 5.97. The van der Waals surface area contributed by atoms with Gasteiger partial charge in [-0.15, -0.1) is 13.2 Å². The van der Waals surface area contributed by atoms with Crippen LogP contribution in [0, 0.1) is 0 Å². The number of anilines is 1. The number of halogens is 3. The Hall–Kier alpha value is -3.03. The molecule has 0 bridgehead atoms. The van der Waals surface area contributed by atoms with Crippen LogP contribution in [0.1, 0.15) is 49.0 Å². The zero-order chi connectivity index (χ0) is 21.6. The van der Waals surface area contributed by atoms with Crippen LogP contribution in [0.25, 0.3) is 0 Å². The summed E-state index contributed by atoms with van der Waals surface area (Å²) in [5.74, 6) is -1.56. The van der Waals surface area contributed by atoms with E-state index in [0.29, 0.717) is 5.69 Å². The fourth-order valence-electron chi connectivity index (χ4n) is 2.57. The number of nitrogens with one attached hydrogen (secondary N) is 1. The van der Waals surface area contributed by atoms with Gasteiger partial charge in [-0.2, -0.15) is 0 Å². The molecule has 1 amide bonds. The van der Waals surface area contributed by atoms with Crippen molar-refractivity contribution in [3.8, 4) is 5.75 Å². The minimum absolute atomic E-state index is 0.000759. The molecule has 2 aromatic carbocycles. The molecule has 0 fully saturated rings. The highest BCUT2D eigenvalue weighted by Gasteiger charge is 2.31. The predicted octanol–water partition coefficient (Wildman–Crippen LogP) is 5.28. The standard InChI is InChI=1S/C21H22F3NO4/c1-4-13(2)17-7-5-6-8-18(17)25-19(26)14(3)28-20(27)15-9-11-16(12-10-15)29-21(22,23)24/h5-14H,4H2,1-3H3,(H,25,26)/t13-,14-/m1/s1. The van der Waals surface area contributed by atoms with Crippen LogP contribution in [-0.2, 0) is 9.53 Å². The molecular weight excluding hydrogens is 387 g/mol. The minimum Gasteiger partial charge on any atom is -0.449 e. The van der Waals surface area contributed by atoms with Crippen LogP contribution in [0.4, 0.5) is 18.9 Å². The molecule has 0 aliphatic rings. The Bertz CT molecular complexity index is 850. The third-order valence-corrected chi connectivity index (χ3v) is 4.34. The van der Waals surface area contributed by atoms with E-state index in [1.165, 1.54) is 6.92 Å². The van der Waals surface area contributed by atoms with Gasteiger partial charge in [0, 0.05) is 5.69 Å². The number of hydrogen-bond acceptors (Lipinski definition) is 4. The first-order chi connectivity index (χ1) is 13.6. The van der Waals surface area contributed by atoms with Crippen LogP contribution in [0.5, 0.6) is 5.75 Å². The van der Waals surface area contributed by atoms with Crippen LogP contribution >= 0.6 is 0 Å². The summed E-state index contributed by atoms with van der Waals surface area (Å²) in [5.41, 5.74) is 1.62. The lowest BCUT2D eigenvalue weighted by Gasteiger charge is -2.18.